The van der Waals surface area contributed by atoms with Gasteiger partial charge in [0.05, 0.1) is 0 Å². The van der Waals surface area contributed by atoms with Crippen molar-refractivity contribution in [1.82, 2.24) is 4.98 Å². The van der Waals surface area contributed by atoms with Gasteiger partial charge in [-0.1, -0.05) is 26.0 Å². The summed E-state index contributed by atoms with van der Waals surface area (Å²) in [6.45, 7) is 5.98. The van der Waals surface area contributed by atoms with Crippen LogP contribution in [0, 0.1) is 6.92 Å². The molecule has 1 heterocycles. The van der Waals surface area contributed by atoms with Crippen molar-refractivity contribution in [3.63, 3.8) is 0 Å². The lowest BCUT2D eigenvalue weighted by Crippen LogP contribution is -1.80. The Hall–Kier alpha value is -1.57. The maximum atomic E-state index is 9.40. The molecule has 0 unspecified atom stereocenters. The highest BCUT2D eigenvalue weighted by atomic mass is 16.3. The predicted molar refractivity (Wildman–Crippen MR) is 59.5 cm³/mol. The van der Waals surface area contributed by atoms with E-state index in [4.69, 9.17) is 0 Å². The SMILES string of the molecule is CC.Cc1cnc2c(O)cccc2c1. The van der Waals surface area contributed by atoms with Gasteiger partial charge in [-0.3, -0.25) is 4.98 Å². The Kier molecular flexibility index (Phi) is 3.46. The molecule has 0 aliphatic carbocycles. The molecule has 0 amide bonds. The summed E-state index contributed by atoms with van der Waals surface area (Å²) in [5.41, 5.74) is 1.77. The van der Waals surface area contributed by atoms with Gasteiger partial charge in [-0.15, -0.1) is 0 Å². The van der Waals surface area contributed by atoms with E-state index >= 15 is 0 Å². The Morgan fingerprint density at radius 1 is 1.21 bits per heavy atom. The van der Waals surface area contributed by atoms with Gasteiger partial charge in [0.15, 0.2) is 0 Å². The maximum absolute atomic E-state index is 9.40. The van der Waals surface area contributed by atoms with E-state index < -0.39 is 0 Å². The molecular formula is C12H15NO. The van der Waals surface area contributed by atoms with Crippen molar-refractivity contribution >= 4 is 10.9 Å². The van der Waals surface area contributed by atoms with Crippen molar-refractivity contribution < 1.29 is 5.11 Å². The van der Waals surface area contributed by atoms with Gasteiger partial charge in [0, 0.05) is 11.6 Å². The minimum Gasteiger partial charge on any atom is -0.506 e. The second-order valence-electron chi connectivity index (χ2n) is 2.86. The molecule has 74 valence electrons. The highest BCUT2D eigenvalue weighted by molar-refractivity contribution is 5.84. The molecule has 1 N–H and O–H groups in total. The lowest BCUT2D eigenvalue weighted by molar-refractivity contribution is 0.480. The van der Waals surface area contributed by atoms with Crippen molar-refractivity contribution in [2.24, 2.45) is 0 Å². The van der Waals surface area contributed by atoms with Gasteiger partial charge in [-0.2, -0.15) is 0 Å². The molecule has 0 bridgehead atoms. The monoisotopic (exact) mass is 189 g/mol. The first kappa shape index (κ1) is 10.5. The molecular weight excluding hydrogens is 174 g/mol. The molecule has 1 aromatic carbocycles. The van der Waals surface area contributed by atoms with Gasteiger partial charge < -0.3 is 5.11 Å². The summed E-state index contributed by atoms with van der Waals surface area (Å²) in [6, 6.07) is 7.40. The molecule has 0 saturated carbocycles. The van der Waals surface area contributed by atoms with Crippen LogP contribution in [0.3, 0.4) is 0 Å². The minimum atomic E-state index is 0.243. The molecule has 2 rings (SSSR count). The Morgan fingerprint density at radius 3 is 2.64 bits per heavy atom. The number of fused-ring (bicyclic) bond motifs is 1. The summed E-state index contributed by atoms with van der Waals surface area (Å²) in [4.78, 5) is 4.13. The largest absolute Gasteiger partial charge is 0.506 e. The van der Waals surface area contributed by atoms with E-state index in [1.807, 2.05) is 39.0 Å². The van der Waals surface area contributed by atoms with Crippen LogP contribution in [0.5, 0.6) is 5.75 Å². The molecule has 0 aliphatic heterocycles. The van der Waals surface area contributed by atoms with Crippen molar-refractivity contribution in [1.29, 1.82) is 0 Å². The Balaban J connectivity index is 0.000000461. The number of aryl methyl sites for hydroxylation is 1. The van der Waals surface area contributed by atoms with E-state index in [1.165, 1.54) is 0 Å². The molecule has 1 aromatic heterocycles. The van der Waals surface area contributed by atoms with Gasteiger partial charge in [-0.25, -0.2) is 0 Å². The number of pyridine rings is 1. The summed E-state index contributed by atoms with van der Waals surface area (Å²) in [5, 5.41) is 10.4. The van der Waals surface area contributed by atoms with E-state index in [1.54, 1.807) is 12.3 Å². The fraction of sp³-hybridized carbons (Fsp3) is 0.250. The lowest BCUT2D eigenvalue weighted by Gasteiger charge is -1.99. The lowest BCUT2D eigenvalue weighted by atomic mass is 10.2. The number of hydrogen-bond acceptors (Lipinski definition) is 2. The number of aromatic nitrogens is 1. The van der Waals surface area contributed by atoms with Crippen molar-refractivity contribution in [2.45, 2.75) is 20.8 Å². The van der Waals surface area contributed by atoms with Crippen LogP contribution in [0.4, 0.5) is 0 Å². The second-order valence-corrected chi connectivity index (χ2v) is 2.86. The van der Waals surface area contributed by atoms with Gasteiger partial charge in [0.2, 0.25) is 0 Å². The Bertz CT molecular complexity index is 424. The fourth-order valence-corrected chi connectivity index (χ4v) is 1.25. The predicted octanol–water partition coefficient (Wildman–Crippen LogP) is 3.28. The first-order valence-electron chi connectivity index (χ1n) is 4.82. The van der Waals surface area contributed by atoms with Crippen LogP contribution in [0.15, 0.2) is 30.5 Å². The van der Waals surface area contributed by atoms with Crippen molar-refractivity contribution in [3.8, 4) is 5.75 Å². The topological polar surface area (TPSA) is 33.1 Å². The standard InChI is InChI=1S/C10H9NO.C2H6/c1-7-5-8-3-2-4-9(12)10(8)11-6-7;1-2/h2-6,12H,1H3;1-2H3. The maximum Gasteiger partial charge on any atom is 0.141 e. The minimum absolute atomic E-state index is 0.243. The van der Waals surface area contributed by atoms with Crippen molar-refractivity contribution in [3.05, 3.63) is 36.0 Å². The van der Waals surface area contributed by atoms with Crippen LogP contribution in [-0.4, -0.2) is 10.1 Å². The van der Waals surface area contributed by atoms with Gasteiger partial charge >= 0.3 is 0 Å². The molecule has 0 fully saturated rings. The summed E-state index contributed by atoms with van der Waals surface area (Å²) >= 11 is 0. The van der Waals surface area contributed by atoms with Crippen LogP contribution in [0.25, 0.3) is 10.9 Å². The van der Waals surface area contributed by atoms with Gasteiger partial charge in [-0.05, 0) is 24.6 Å². The van der Waals surface area contributed by atoms with Crippen LogP contribution in [0.1, 0.15) is 19.4 Å². The fourth-order valence-electron chi connectivity index (χ4n) is 1.25. The Morgan fingerprint density at radius 2 is 1.93 bits per heavy atom. The first-order valence-corrected chi connectivity index (χ1v) is 4.82. The Labute approximate surface area is 84.2 Å². The van der Waals surface area contributed by atoms with E-state index in [0.29, 0.717) is 5.52 Å². The quantitative estimate of drug-likeness (QED) is 0.690. The zero-order valence-electron chi connectivity index (χ0n) is 8.78. The third-order valence-electron chi connectivity index (χ3n) is 1.83. The molecule has 14 heavy (non-hydrogen) atoms. The summed E-state index contributed by atoms with van der Waals surface area (Å²) in [6.07, 6.45) is 1.75. The highest BCUT2D eigenvalue weighted by Crippen LogP contribution is 2.21. The zero-order chi connectivity index (χ0) is 10.6. The van der Waals surface area contributed by atoms with E-state index in [-0.39, 0.29) is 5.75 Å². The average molecular weight is 189 g/mol. The van der Waals surface area contributed by atoms with Crippen LogP contribution in [0.2, 0.25) is 0 Å². The smallest absolute Gasteiger partial charge is 0.141 e. The average Bonchev–Trinajstić information content (AvgIpc) is 2.21. The van der Waals surface area contributed by atoms with Gasteiger partial charge in [0.25, 0.3) is 0 Å². The molecule has 2 aromatic rings. The van der Waals surface area contributed by atoms with Crippen LogP contribution in [-0.2, 0) is 0 Å². The van der Waals surface area contributed by atoms with Gasteiger partial charge in [0.1, 0.15) is 11.3 Å². The number of phenolic OH excluding ortho intramolecular Hbond substituents is 1. The molecule has 0 saturated heterocycles. The normalized spacial score (nSPS) is 9.36. The summed E-state index contributed by atoms with van der Waals surface area (Å²) in [5.74, 6) is 0.243. The molecule has 2 nitrogen and oxygen atoms in total. The number of benzene rings is 1. The van der Waals surface area contributed by atoms with Crippen molar-refractivity contribution in [2.75, 3.05) is 0 Å². The third kappa shape index (κ3) is 2.02. The van der Waals surface area contributed by atoms with Crippen LogP contribution >= 0.6 is 0 Å². The molecule has 0 aliphatic rings. The zero-order valence-corrected chi connectivity index (χ0v) is 8.78. The number of rotatable bonds is 0. The van der Waals surface area contributed by atoms with E-state index in [2.05, 4.69) is 4.98 Å². The molecule has 0 spiro atoms. The summed E-state index contributed by atoms with van der Waals surface area (Å²) < 4.78 is 0. The van der Waals surface area contributed by atoms with E-state index in [0.717, 1.165) is 10.9 Å². The number of hydrogen-bond donors (Lipinski definition) is 1. The van der Waals surface area contributed by atoms with Crippen LogP contribution < -0.4 is 0 Å². The number of phenols is 1. The molecule has 2 heteroatoms. The third-order valence-corrected chi connectivity index (χ3v) is 1.83. The molecule has 0 radical (unpaired) electrons. The highest BCUT2D eigenvalue weighted by Gasteiger charge is 1.98. The number of nitrogens with zero attached hydrogens (tertiary/aromatic N) is 1. The summed E-state index contributed by atoms with van der Waals surface area (Å²) in [7, 11) is 0. The number of para-hydroxylation sites is 1. The number of aromatic hydroxyl groups is 1. The molecule has 0 atom stereocenters. The first-order chi connectivity index (χ1) is 6.77. The van der Waals surface area contributed by atoms with E-state index in [9.17, 15) is 5.11 Å². The second kappa shape index (κ2) is 4.61.